The van der Waals surface area contributed by atoms with Crippen molar-refractivity contribution in [3.05, 3.63) is 34.0 Å². The molecule has 1 heterocycles. The number of hydrogen-bond acceptors (Lipinski definition) is 2. The van der Waals surface area contributed by atoms with Gasteiger partial charge in [-0.3, -0.25) is 0 Å². The third-order valence-electron chi connectivity index (χ3n) is 2.86. The van der Waals surface area contributed by atoms with Gasteiger partial charge in [-0.15, -0.1) is 17.9 Å². The first-order valence-electron chi connectivity index (χ1n) is 5.24. The fourth-order valence-electron chi connectivity index (χ4n) is 2.07. The Balaban J connectivity index is 2.18. The van der Waals surface area contributed by atoms with Gasteiger partial charge in [0.25, 0.3) is 0 Å². The summed E-state index contributed by atoms with van der Waals surface area (Å²) in [6, 6.07) is 2.86. The summed E-state index contributed by atoms with van der Waals surface area (Å²) in [7, 11) is 2.03. The molecule has 0 aromatic carbocycles. The van der Waals surface area contributed by atoms with E-state index in [0.717, 1.165) is 6.42 Å². The zero-order chi connectivity index (χ0) is 9.97. The Labute approximate surface area is 89.8 Å². The van der Waals surface area contributed by atoms with E-state index in [1.165, 1.54) is 24.1 Å². The number of aryl methyl sites for hydroxylation is 2. The lowest BCUT2D eigenvalue weighted by atomic mass is 10.1. The van der Waals surface area contributed by atoms with Gasteiger partial charge in [0.2, 0.25) is 0 Å². The molecule has 1 N–H and O–H groups in total. The van der Waals surface area contributed by atoms with Crippen molar-refractivity contribution in [3.63, 3.8) is 0 Å². The number of nitrogens with one attached hydrogen (secondary N) is 1. The third kappa shape index (κ3) is 1.77. The largest absolute Gasteiger partial charge is 0.312 e. The van der Waals surface area contributed by atoms with Crippen LogP contribution in [0, 0.1) is 0 Å². The van der Waals surface area contributed by atoms with Crippen LogP contribution in [0.4, 0.5) is 0 Å². The molecule has 0 amide bonds. The van der Waals surface area contributed by atoms with Gasteiger partial charge in [0, 0.05) is 15.8 Å². The Kier molecular flexibility index (Phi) is 3.04. The molecule has 1 unspecified atom stereocenters. The minimum absolute atomic E-state index is 0.475. The highest BCUT2D eigenvalue weighted by Gasteiger charge is 2.18. The highest BCUT2D eigenvalue weighted by atomic mass is 32.1. The fourth-order valence-corrected chi connectivity index (χ4v) is 3.45. The molecule has 0 saturated carbocycles. The van der Waals surface area contributed by atoms with Gasteiger partial charge < -0.3 is 5.32 Å². The van der Waals surface area contributed by atoms with Gasteiger partial charge in [-0.2, -0.15) is 0 Å². The number of fused-ring (bicyclic) bond motifs is 1. The molecule has 0 aliphatic heterocycles. The molecule has 0 fully saturated rings. The highest BCUT2D eigenvalue weighted by molar-refractivity contribution is 7.12. The SMILES string of the molecule is C=CCC(NC)c1cc2c(s1)CCC2. The number of thiophene rings is 1. The van der Waals surface area contributed by atoms with Crippen molar-refractivity contribution < 1.29 is 0 Å². The smallest absolute Gasteiger partial charge is 0.0447 e. The fraction of sp³-hybridized carbons (Fsp3) is 0.500. The molecule has 1 aromatic rings. The minimum Gasteiger partial charge on any atom is -0.312 e. The van der Waals surface area contributed by atoms with Crippen LogP contribution in [-0.4, -0.2) is 7.05 Å². The van der Waals surface area contributed by atoms with Crippen molar-refractivity contribution in [3.8, 4) is 0 Å². The predicted octanol–water partition coefficient (Wildman–Crippen LogP) is 3.07. The molecule has 2 heteroatoms. The summed E-state index contributed by atoms with van der Waals surface area (Å²) in [5.74, 6) is 0. The number of hydrogen-bond donors (Lipinski definition) is 1. The highest BCUT2D eigenvalue weighted by Crippen LogP contribution is 2.34. The molecule has 76 valence electrons. The summed E-state index contributed by atoms with van der Waals surface area (Å²) in [4.78, 5) is 3.10. The zero-order valence-corrected chi connectivity index (χ0v) is 9.49. The first kappa shape index (κ1) is 9.94. The van der Waals surface area contributed by atoms with Crippen molar-refractivity contribution in [1.29, 1.82) is 0 Å². The maximum atomic E-state index is 3.80. The molecule has 0 saturated heterocycles. The van der Waals surface area contributed by atoms with Crippen LogP contribution >= 0.6 is 11.3 Å². The van der Waals surface area contributed by atoms with Gasteiger partial charge >= 0.3 is 0 Å². The van der Waals surface area contributed by atoms with Gasteiger partial charge in [-0.05, 0) is 44.4 Å². The Morgan fingerprint density at radius 1 is 1.64 bits per heavy atom. The lowest BCUT2D eigenvalue weighted by Crippen LogP contribution is -2.14. The zero-order valence-electron chi connectivity index (χ0n) is 8.68. The van der Waals surface area contributed by atoms with E-state index < -0.39 is 0 Å². The van der Waals surface area contributed by atoms with Crippen molar-refractivity contribution in [2.45, 2.75) is 31.7 Å². The maximum absolute atomic E-state index is 3.80. The van der Waals surface area contributed by atoms with Gasteiger partial charge in [0.15, 0.2) is 0 Å². The average Bonchev–Trinajstić information content (AvgIpc) is 2.73. The van der Waals surface area contributed by atoms with E-state index >= 15 is 0 Å². The van der Waals surface area contributed by atoms with Gasteiger partial charge in [0.05, 0.1) is 0 Å². The standard InChI is InChI=1S/C12H17NS/c1-3-5-10(13-2)12-8-9-6-4-7-11(9)14-12/h3,8,10,13H,1,4-7H2,2H3. The molecule has 14 heavy (non-hydrogen) atoms. The van der Waals surface area contributed by atoms with Gasteiger partial charge in [0.1, 0.15) is 0 Å². The quantitative estimate of drug-likeness (QED) is 0.748. The van der Waals surface area contributed by atoms with Crippen LogP contribution in [-0.2, 0) is 12.8 Å². The van der Waals surface area contributed by atoms with E-state index in [-0.39, 0.29) is 0 Å². The van der Waals surface area contributed by atoms with E-state index in [2.05, 4.69) is 18.0 Å². The molecule has 0 radical (unpaired) electrons. The molecule has 1 nitrogen and oxygen atoms in total. The van der Waals surface area contributed by atoms with E-state index in [1.807, 2.05) is 24.5 Å². The summed E-state index contributed by atoms with van der Waals surface area (Å²) in [5, 5.41) is 3.35. The summed E-state index contributed by atoms with van der Waals surface area (Å²) in [6.45, 7) is 3.80. The molecular formula is C12H17NS. The third-order valence-corrected chi connectivity index (χ3v) is 4.21. The summed E-state index contributed by atoms with van der Waals surface area (Å²) in [6.07, 6.45) is 6.95. The molecular weight excluding hydrogens is 190 g/mol. The normalized spacial score (nSPS) is 16.6. The molecule has 1 aliphatic carbocycles. The molecule has 0 spiro atoms. The summed E-state index contributed by atoms with van der Waals surface area (Å²) >= 11 is 1.98. The van der Waals surface area contributed by atoms with Crippen LogP contribution in [0.3, 0.4) is 0 Å². The molecule has 1 atom stereocenters. The molecule has 0 bridgehead atoms. The van der Waals surface area contributed by atoms with Crippen LogP contribution in [0.2, 0.25) is 0 Å². The molecule has 1 aromatic heterocycles. The van der Waals surface area contributed by atoms with Crippen molar-refractivity contribution in [1.82, 2.24) is 5.32 Å². The van der Waals surface area contributed by atoms with Crippen LogP contribution in [0.15, 0.2) is 18.7 Å². The molecule has 1 aliphatic rings. The monoisotopic (exact) mass is 207 g/mol. The summed E-state index contributed by atoms with van der Waals surface area (Å²) in [5.41, 5.74) is 1.59. The maximum Gasteiger partial charge on any atom is 0.0447 e. The molecule has 2 rings (SSSR count). The topological polar surface area (TPSA) is 12.0 Å². The van der Waals surface area contributed by atoms with Gasteiger partial charge in [-0.1, -0.05) is 6.08 Å². The minimum atomic E-state index is 0.475. The average molecular weight is 207 g/mol. The lowest BCUT2D eigenvalue weighted by molar-refractivity contribution is 0.613. The Morgan fingerprint density at radius 2 is 2.50 bits per heavy atom. The van der Waals surface area contributed by atoms with E-state index in [9.17, 15) is 0 Å². The second kappa shape index (κ2) is 4.28. The predicted molar refractivity (Wildman–Crippen MR) is 63.0 cm³/mol. The van der Waals surface area contributed by atoms with Crippen LogP contribution in [0.25, 0.3) is 0 Å². The van der Waals surface area contributed by atoms with Crippen LogP contribution in [0.1, 0.15) is 34.2 Å². The van der Waals surface area contributed by atoms with Gasteiger partial charge in [-0.25, -0.2) is 0 Å². The van der Waals surface area contributed by atoms with Crippen LogP contribution < -0.4 is 5.32 Å². The lowest BCUT2D eigenvalue weighted by Gasteiger charge is -2.11. The first-order valence-corrected chi connectivity index (χ1v) is 6.06. The van der Waals surface area contributed by atoms with E-state index in [1.54, 1.807) is 10.4 Å². The summed E-state index contributed by atoms with van der Waals surface area (Å²) < 4.78 is 0. The van der Waals surface area contributed by atoms with Crippen molar-refractivity contribution in [2.24, 2.45) is 0 Å². The van der Waals surface area contributed by atoms with Crippen LogP contribution in [0.5, 0.6) is 0 Å². The second-order valence-electron chi connectivity index (χ2n) is 3.82. The first-order chi connectivity index (χ1) is 6.85. The Morgan fingerprint density at radius 3 is 3.14 bits per heavy atom. The van der Waals surface area contributed by atoms with Crippen molar-refractivity contribution >= 4 is 11.3 Å². The number of rotatable bonds is 4. The van der Waals surface area contributed by atoms with E-state index in [4.69, 9.17) is 0 Å². The Hall–Kier alpha value is -0.600. The van der Waals surface area contributed by atoms with E-state index in [0.29, 0.717) is 6.04 Å². The van der Waals surface area contributed by atoms with Crippen molar-refractivity contribution in [2.75, 3.05) is 7.05 Å². The second-order valence-corrected chi connectivity index (χ2v) is 4.98. The Bertz CT molecular complexity index is 306.